The highest BCUT2D eigenvalue weighted by Crippen LogP contribution is 2.30. The minimum Gasteiger partial charge on any atom is -0.367 e. The second-order valence-corrected chi connectivity index (χ2v) is 7.34. The molecule has 4 rings (SSSR count). The maximum atomic E-state index is 12.9. The van der Waals surface area contributed by atoms with E-state index < -0.39 is 12.0 Å². The lowest BCUT2D eigenvalue weighted by molar-refractivity contribution is -0.133. The van der Waals surface area contributed by atoms with Crippen LogP contribution in [-0.4, -0.2) is 52.1 Å². The van der Waals surface area contributed by atoms with Crippen LogP contribution < -0.4 is 11.3 Å². The second-order valence-electron chi connectivity index (χ2n) is 6.34. The number of aromatic nitrogens is 2. The Morgan fingerprint density at radius 2 is 2.16 bits per heavy atom. The van der Waals surface area contributed by atoms with Crippen LogP contribution in [0.1, 0.15) is 27.5 Å². The van der Waals surface area contributed by atoms with Gasteiger partial charge in [0.2, 0.25) is 5.91 Å². The molecule has 9 heteroatoms. The van der Waals surface area contributed by atoms with E-state index in [4.69, 9.17) is 10.5 Å². The van der Waals surface area contributed by atoms with Crippen LogP contribution in [-0.2, 0) is 22.5 Å². The number of aryl methyl sites for hydroxylation is 2. The monoisotopic (exact) mass is 362 g/mol. The minimum absolute atomic E-state index is 0.0673. The molecule has 1 atom stereocenters. The van der Waals surface area contributed by atoms with Gasteiger partial charge in [0.25, 0.3) is 11.5 Å². The summed E-state index contributed by atoms with van der Waals surface area (Å²) >= 11 is 1.24. The average Bonchev–Trinajstić information content (AvgIpc) is 3.19. The summed E-state index contributed by atoms with van der Waals surface area (Å²) in [7, 11) is 0. The predicted octanol–water partition coefficient (Wildman–Crippen LogP) is 0.0389. The van der Waals surface area contributed by atoms with Crippen molar-refractivity contribution in [1.29, 1.82) is 0 Å². The van der Waals surface area contributed by atoms with Gasteiger partial charge in [-0.05, 0) is 18.9 Å². The molecule has 0 aliphatic carbocycles. The van der Waals surface area contributed by atoms with E-state index in [-0.39, 0.29) is 24.6 Å². The van der Waals surface area contributed by atoms with Gasteiger partial charge in [0.1, 0.15) is 10.7 Å². The molecular formula is C16H18N4O4S. The summed E-state index contributed by atoms with van der Waals surface area (Å²) in [6.07, 6.45) is 0.918. The van der Waals surface area contributed by atoms with Crippen molar-refractivity contribution in [3.8, 4) is 0 Å². The van der Waals surface area contributed by atoms with Gasteiger partial charge in [0.05, 0.1) is 23.4 Å². The van der Waals surface area contributed by atoms with Gasteiger partial charge in [-0.25, -0.2) is 4.98 Å². The maximum absolute atomic E-state index is 12.9. The first-order valence-corrected chi connectivity index (χ1v) is 9.02. The largest absolute Gasteiger partial charge is 0.367 e. The Labute approximate surface area is 147 Å². The fourth-order valence-corrected chi connectivity index (χ4v) is 4.59. The highest BCUT2D eigenvalue weighted by atomic mass is 32.1. The number of morpholine rings is 1. The third-order valence-corrected chi connectivity index (χ3v) is 5.95. The standard InChI is InChI=1S/C16H18N4O4S/c1-8-11-14(18-10-3-2-4-20(10)15(11)22)25-12(8)16(23)19-5-6-24-9(7-19)13(17)21/h9H,2-7H2,1H3,(H2,17,21). The molecule has 25 heavy (non-hydrogen) atoms. The number of nitrogens with zero attached hydrogens (tertiary/aromatic N) is 3. The normalized spacial score (nSPS) is 20.0. The first kappa shape index (κ1) is 16.2. The van der Waals surface area contributed by atoms with E-state index in [0.717, 1.165) is 18.7 Å². The van der Waals surface area contributed by atoms with Crippen LogP contribution in [0.25, 0.3) is 10.2 Å². The van der Waals surface area contributed by atoms with Crippen molar-refractivity contribution in [2.45, 2.75) is 32.4 Å². The van der Waals surface area contributed by atoms with Crippen LogP contribution in [0, 0.1) is 6.92 Å². The van der Waals surface area contributed by atoms with Crippen molar-refractivity contribution in [3.63, 3.8) is 0 Å². The zero-order valence-electron chi connectivity index (χ0n) is 13.8. The molecule has 4 heterocycles. The summed E-state index contributed by atoms with van der Waals surface area (Å²) in [5, 5.41) is 0.527. The molecule has 0 radical (unpaired) electrons. The van der Waals surface area contributed by atoms with Gasteiger partial charge in [-0.1, -0.05) is 0 Å². The Balaban J connectivity index is 1.73. The molecule has 0 bridgehead atoms. The van der Waals surface area contributed by atoms with Gasteiger partial charge in [-0.3, -0.25) is 19.0 Å². The van der Waals surface area contributed by atoms with Crippen LogP contribution in [0.3, 0.4) is 0 Å². The lowest BCUT2D eigenvalue weighted by atomic mass is 10.2. The van der Waals surface area contributed by atoms with Crippen molar-refractivity contribution in [2.75, 3.05) is 19.7 Å². The zero-order chi connectivity index (χ0) is 17.7. The Morgan fingerprint density at radius 3 is 2.92 bits per heavy atom. The molecule has 1 fully saturated rings. The molecule has 132 valence electrons. The van der Waals surface area contributed by atoms with Gasteiger partial charge in [-0.15, -0.1) is 11.3 Å². The summed E-state index contributed by atoms with van der Waals surface area (Å²) in [5.74, 6) is -0.000535. The van der Waals surface area contributed by atoms with E-state index in [1.54, 1.807) is 16.4 Å². The third kappa shape index (κ3) is 2.54. The number of fused-ring (bicyclic) bond motifs is 2. The van der Waals surface area contributed by atoms with Crippen LogP contribution in [0.5, 0.6) is 0 Å². The van der Waals surface area contributed by atoms with Gasteiger partial charge >= 0.3 is 0 Å². The molecule has 1 saturated heterocycles. The number of carbonyl (C=O) groups is 2. The molecule has 2 N–H and O–H groups in total. The van der Waals surface area contributed by atoms with Crippen LogP contribution in [0.2, 0.25) is 0 Å². The van der Waals surface area contributed by atoms with E-state index in [2.05, 4.69) is 4.98 Å². The SMILES string of the molecule is Cc1c(C(=O)N2CCOC(C(N)=O)C2)sc2nc3n(c(=O)c12)CCC3. The lowest BCUT2D eigenvalue weighted by Gasteiger charge is -2.31. The Kier molecular flexibility index (Phi) is 3.84. The summed E-state index contributed by atoms with van der Waals surface area (Å²) in [6.45, 7) is 3.24. The number of thiophene rings is 1. The van der Waals surface area contributed by atoms with E-state index >= 15 is 0 Å². The molecule has 2 aliphatic heterocycles. The van der Waals surface area contributed by atoms with E-state index in [9.17, 15) is 14.4 Å². The van der Waals surface area contributed by atoms with Gasteiger partial charge in [0.15, 0.2) is 6.10 Å². The van der Waals surface area contributed by atoms with Gasteiger partial charge in [0, 0.05) is 19.5 Å². The Morgan fingerprint density at radius 1 is 1.36 bits per heavy atom. The topological polar surface area (TPSA) is 108 Å². The average molecular weight is 362 g/mol. The molecule has 0 spiro atoms. The number of carbonyl (C=O) groups excluding carboxylic acids is 2. The number of primary amides is 1. The molecule has 2 aromatic heterocycles. The van der Waals surface area contributed by atoms with Crippen molar-refractivity contribution in [2.24, 2.45) is 5.73 Å². The third-order valence-electron chi connectivity index (χ3n) is 4.78. The van der Waals surface area contributed by atoms with Crippen molar-refractivity contribution in [3.05, 3.63) is 26.6 Å². The molecule has 0 aromatic carbocycles. The lowest BCUT2D eigenvalue weighted by Crippen LogP contribution is -2.50. The fraction of sp³-hybridized carbons (Fsp3) is 0.500. The van der Waals surface area contributed by atoms with Gasteiger partial charge < -0.3 is 15.4 Å². The molecular weight excluding hydrogens is 344 g/mol. The number of rotatable bonds is 2. The van der Waals surface area contributed by atoms with Crippen molar-refractivity contribution in [1.82, 2.24) is 14.5 Å². The van der Waals surface area contributed by atoms with Crippen LogP contribution in [0.15, 0.2) is 4.79 Å². The highest BCUT2D eigenvalue weighted by molar-refractivity contribution is 7.20. The van der Waals surface area contributed by atoms with Crippen molar-refractivity contribution >= 4 is 33.4 Å². The van der Waals surface area contributed by atoms with E-state index in [0.29, 0.717) is 33.7 Å². The second kappa shape index (κ2) is 5.92. The highest BCUT2D eigenvalue weighted by Gasteiger charge is 2.31. The quantitative estimate of drug-likeness (QED) is 0.811. The summed E-state index contributed by atoms with van der Waals surface area (Å²) < 4.78 is 6.99. The molecule has 2 aliphatic rings. The van der Waals surface area contributed by atoms with Crippen LogP contribution >= 0.6 is 11.3 Å². The Bertz CT molecular complexity index is 948. The predicted molar refractivity (Wildman–Crippen MR) is 91.8 cm³/mol. The molecule has 1 unspecified atom stereocenters. The van der Waals surface area contributed by atoms with Crippen molar-refractivity contribution < 1.29 is 14.3 Å². The summed E-state index contributed by atoms with van der Waals surface area (Å²) in [4.78, 5) is 44.2. The van der Waals surface area contributed by atoms with Gasteiger partial charge in [-0.2, -0.15) is 0 Å². The maximum Gasteiger partial charge on any atom is 0.264 e. The summed E-state index contributed by atoms with van der Waals surface area (Å²) in [5.41, 5.74) is 5.87. The first-order chi connectivity index (χ1) is 12.0. The smallest absolute Gasteiger partial charge is 0.264 e. The number of amides is 2. The Hall–Kier alpha value is -2.26. The number of hydrogen-bond acceptors (Lipinski definition) is 6. The minimum atomic E-state index is -0.792. The van der Waals surface area contributed by atoms with Crippen LogP contribution in [0.4, 0.5) is 0 Å². The molecule has 8 nitrogen and oxygen atoms in total. The zero-order valence-corrected chi connectivity index (χ0v) is 14.6. The molecule has 2 amide bonds. The first-order valence-electron chi connectivity index (χ1n) is 8.20. The number of nitrogens with two attached hydrogens (primary N) is 1. The summed E-state index contributed by atoms with van der Waals surface area (Å²) in [6, 6.07) is 0. The number of hydrogen-bond donors (Lipinski definition) is 1. The number of ether oxygens (including phenoxy) is 1. The molecule has 2 aromatic rings. The fourth-order valence-electron chi connectivity index (χ4n) is 3.43. The molecule has 0 saturated carbocycles. The van der Waals surface area contributed by atoms with E-state index in [1.165, 1.54) is 11.3 Å². The van der Waals surface area contributed by atoms with E-state index in [1.807, 2.05) is 0 Å².